The van der Waals surface area contributed by atoms with Gasteiger partial charge >= 0.3 is 0 Å². The summed E-state index contributed by atoms with van der Waals surface area (Å²) in [5.41, 5.74) is 8.09. The fraction of sp³-hybridized carbons (Fsp3) is 0.533. The van der Waals surface area contributed by atoms with Crippen LogP contribution in [0, 0.1) is 12.8 Å². The van der Waals surface area contributed by atoms with Crippen molar-refractivity contribution in [2.24, 2.45) is 5.92 Å². The van der Waals surface area contributed by atoms with Crippen LogP contribution in [0.25, 0.3) is 0 Å². The third kappa shape index (κ3) is 3.70. The zero-order valence-electron chi connectivity index (χ0n) is 11.8. The molecule has 0 aromatic heterocycles. The van der Waals surface area contributed by atoms with E-state index >= 15 is 0 Å². The zero-order chi connectivity index (χ0) is 13.8. The van der Waals surface area contributed by atoms with Gasteiger partial charge in [0.2, 0.25) is 0 Å². The van der Waals surface area contributed by atoms with Gasteiger partial charge in [0.1, 0.15) is 0 Å². The lowest BCUT2D eigenvalue weighted by atomic mass is 9.97. The van der Waals surface area contributed by atoms with Crippen LogP contribution in [-0.4, -0.2) is 37.5 Å². The largest absolute Gasteiger partial charge is 0.398 e. The lowest BCUT2D eigenvalue weighted by Gasteiger charge is -2.28. The standard InChI is InChI=1S/C15H23N3O/c1-11-3-4-13(14(16)9-11)15(19)17-10-12-5-7-18(2)8-6-12/h3-4,9,12H,5-8,10,16H2,1-2H3,(H,17,19). The molecule has 3 N–H and O–H groups in total. The lowest BCUT2D eigenvalue weighted by molar-refractivity contribution is 0.0940. The Morgan fingerprint density at radius 2 is 2.11 bits per heavy atom. The van der Waals surface area contributed by atoms with Gasteiger partial charge < -0.3 is 16.0 Å². The van der Waals surface area contributed by atoms with Crippen molar-refractivity contribution in [3.8, 4) is 0 Å². The third-order valence-corrected chi connectivity index (χ3v) is 3.84. The average molecular weight is 261 g/mol. The van der Waals surface area contributed by atoms with Gasteiger partial charge in [-0.15, -0.1) is 0 Å². The summed E-state index contributed by atoms with van der Waals surface area (Å²) >= 11 is 0. The van der Waals surface area contributed by atoms with Crippen molar-refractivity contribution in [1.29, 1.82) is 0 Å². The molecule has 1 aromatic carbocycles. The van der Waals surface area contributed by atoms with Crippen LogP contribution in [0.3, 0.4) is 0 Å². The molecule has 4 nitrogen and oxygen atoms in total. The number of nitrogens with one attached hydrogen (secondary N) is 1. The number of carbonyl (C=O) groups is 1. The van der Waals surface area contributed by atoms with Crippen LogP contribution in [0.4, 0.5) is 5.69 Å². The summed E-state index contributed by atoms with van der Waals surface area (Å²) in [6, 6.07) is 5.56. The minimum absolute atomic E-state index is 0.0589. The first-order chi connectivity index (χ1) is 9.06. The SMILES string of the molecule is Cc1ccc(C(=O)NCC2CCN(C)CC2)c(N)c1. The Labute approximate surface area is 115 Å². The van der Waals surface area contributed by atoms with Crippen molar-refractivity contribution >= 4 is 11.6 Å². The molecule has 1 aromatic rings. The van der Waals surface area contributed by atoms with Crippen LogP contribution in [0.15, 0.2) is 18.2 Å². The second kappa shape index (κ2) is 6.06. The summed E-state index contributed by atoms with van der Waals surface area (Å²) in [4.78, 5) is 14.4. The third-order valence-electron chi connectivity index (χ3n) is 3.84. The van der Waals surface area contributed by atoms with E-state index in [1.165, 1.54) is 0 Å². The molecule has 0 unspecified atom stereocenters. The summed E-state index contributed by atoms with van der Waals surface area (Å²) in [6.45, 7) is 4.96. The molecule has 0 aliphatic carbocycles. The first-order valence-corrected chi connectivity index (χ1v) is 6.89. The smallest absolute Gasteiger partial charge is 0.253 e. The number of nitrogens with zero attached hydrogens (tertiary/aromatic N) is 1. The molecule has 0 bridgehead atoms. The van der Waals surface area contributed by atoms with Crippen LogP contribution in [0.2, 0.25) is 0 Å². The van der Waals surface area contributed by atoms with E-state index in [1.54, 1.807) is 6.07 Å². The number of nitrogens with two attached hydrogens (primary N) is 1. The van der Waals surface area contributed by atoms with Crippen molar-refractivity contribution in [1.82, 2.24) is 10.2 Å². The number of carbonyl (C=O) groups excluding carboxylic acids is 1. The van der Waals surface area contributed by atoms with Gasteiger partial charge in [0, 0.05) is 12.2 Å². The molecule has 1 heterocycles. The van der Waals surface area contributed by atoms with E-state index in [0.717, 1.165) is 38.0 Å². The molecule has 19 heavy (non-hydrogen) atoms. The predicted octanol–water partition coefficient (Wildman–Crippen LogP) is 1.65. The van der Waals surface area contributed by atoms with E-state index in [2.05, 4.69) is 17.3 Å². The summed E-state index contributed by atoms with van der Waals surface area (Å²) < 4.78 is 0. The summed E-state index contributed by atoms with van der Waals surface area (Å²) in [5.74, 6) is 0.531. The van der Waals surface area contributed by atoms with Gasteiger partial charge in [-0.05, 0) is 63.5 Å². The number of hydrogen-bond donors (Lipinski definition) is 2. The number of piperidine rings is 1. The van der Waals surface area contributed by atoms with Crippen LogP contribution in [0.5, 0.6) is 0 Å². The second-order valence-electron chi connectivity index (χ2n) is 5.55. The quantitative estimate of drug-likeness (QED) is 0.813. The number of nitrogen functional groups attached to an aromatic ring is 1. The van der Waals surface area contributed by atoms with Crippen LogP contribution in [0.1, 0.15) is 28.8 Å². The zero-order valence-corrected chi connectivity index (χ0v) is 11.8. The molecule has 104 valence electrons. The maximum atomic E-state index is 12.1. The van der Waals surface area contributed by atoms with Gasteiger partial charge in [-0.2, -0.15) is 0 Å². The Morgan fingerprint density at radius 1 is 1.42 bits per heavy atom. The number of aryl methyl sites for hydroxylation is 1. The van der Waals surface area contributed by atoms with Crippen molar-refractivity contribution < 1.29 is 4.79 Å². The molecule has 4 heteroatoms. The molecule has 0 saturated carbocycles. The van der Waals surface area contributed by atoms with Crippen molar-refractivity contribution in [2.45, 2.75) is 19.8 Å². The molecular weight excluding hydrogens is 238 g/mol. The van der Waals surface area contributed by atoms with Crippen LogP contribution < -0.4 is 11.1 Å². The van der Waals surface area contributed by atoms with Crippen LogP contribution in [-0.2, 0) is 0 Å². The summed E-state index contributed by atoms with van der Waals surface area (Å²) in [7, 11) is 2.14. The second-order valence-corrected chi connectivity index (χ2v) is 5.55. The van der Waals surface area contributed by atoms with Crippen LogP contribution >= 0.6 is 0 Å². The number of rotatable bonds is 3. The maximum Gasteiger partial charge on any atom is 0.253 e. The monoisotopic (exact) mass is 261 g/mol. The molecular formula is C15H23N3O. The average Bonchev–Trinajstić information content (AvgIpc) is 2.37. The predicted molar refractivity (Wildman–Crippen MR) is 78.1 cm³/mol. The summed E-state index contributed by atoms with van der Waals surface area (Å²) in [6.07, 6.45) is 2.31. The Bertz CT molecular complexity index is 451. The molecule has 1 aliphatic rings. The molecule has 1 amide bonds. The minimum Gasteiger partial charge on any atom is -0.398 e. The summed E-state index contributed by atoms with van der Waals surface area (Å²) in [5, 5.41) is 3.01. The van der Waals surface area contributed by atoms with Crippen molar-refractivity contribution in [2.75, 3.05) is 32.4 Å². The molecule has 0 atom stereocenters. The highest BCUT2D eigenvalue weighted by atomic mass is 16.1. The Hall–Kier alpha value is -1.55. The van der Waals surface area contributed by atoms with Crippen molar-refractivity contribution in [3.05, 3.63) is 29.3 Å². The van der Waals surface area contributed by atoms with E-state index in [9.17, 15) is 4.79 Å². The van der Waals surface area contributed by atoms with Gasteiger partial charge in [-0.1, -0.05) is 6.07 Å². The Kier molecular flexibility index (Phi) is 4.43. The van der Waals surface area contributed by atoms with E-state index in [4.69, 9.17) is 5.73 Å². The number of amides is 1. The van der Waals surface area contributed by atoms with Gasteiger partial charge in [-0.3, -0.25) is 4.79 Å². The van der Waals surface area contributed by atoms with E-state index in [1.807, 2.05) is 19.1 Å². The van der Waals surface area contributed by atoms with Gasteiger partial charge in [0.15, 0.2) is 0 Å². The Morgan fingerprint density at radius 3 is 2.74 bits per heavy atom. The van der Waals surface area contributed by atoms with Gasteiger partial charge in [0.25, 0.3) is 5.91 Å². The first-order valence-electron chi connectivity index (χ1n) is 6.89. The number of anilines is 1. The number of hydrogen-bond acceptors (Lipinski definition) is 3. The fourth-order valence-electron chi connectivity index (χ4n) is 2.49. The topological polar surface area (TPSA) is 58.4 Å². The highest BCUT2D eigenvalue weighted by Gasteiger charge is 2.18. The highest BCUT2D eigenvalue weighted by molar-refractivity contribution is 5.99. The normalized spacial score (nSPS) is 17.4. The maximum absolute atomic E-state index is 12.1. The van der Waals surface area contributed by atoms with Gasteiger partial charge in [-0.25, -0.2) is 0 Å². The van der Waals surface area contributed by atoms with Gasteiger partial charge in [0.05, 0.1) is 5.56 Å². The fourth-order valence-corrected chi connectivity index (χ4v) is 2.49. The van der Waals surface area contributed by atoms with E-state index in [-0.39, 0.29) is 5.91 Å². The van der Waals surface area contributed by atoms with Crippen molar-refractivity contribution in [3.63, 3.8) is 0 Å². The molecule has 1 saturated heterocycles. The van der Waals surface area contributed by atoms with E-state index in [0.29, 0.717) is 17.2 Å². The van der Waals surface area contributed by atoms with E-state index < -0.39 is 0 Å². The Balaban J connectivity index is 1.87. The first kappa shape index (κ1) is 13.9. The molecule has 0 spiro atoms. The number of benzene rings is 1. The minimum atomic E-state index is -0.0589. The number of likely N-dealkylation sites (tertiary alicyclic amines) is 1. The molecule has 2 rings (SSSR count). The molecule has 0 radical (unpaired) electrons. The highest BCUT2D eigenvalue weighted by Crippen LogP contribution is 2.16. The lowest BCUT2D eigenvalue weighted by Crippen LogP contribution is -2.37. The molecule has 1 fully saturated rings. The molecule has 1 aliphatic heterocycles.